The Morgan fingerprint density at radius 1 is 1.15 bits per heavy atom. The highest BCUT2D eigenvalue weighted by Gasteiger charge is 2.35. The van der Waals surface area contributed by atoms with Crippen LogP contribution in [0.15, 0.2) is 66.5 Å². The van der Waals surface area contributed by atoms with E-state index in [-0.39, 0.29) is 53.6 Å². The van der Waals surface area contributed by atoms with Crippen LogP contribution in [0.4, 0.5) is 10.2 Å². The average Bonchev–Trinajstić information content (AvgIpc) is 3.48. The molecule has 0 aliphatic carbocycles. The highest BCUT2D eigenvalue weighted by molar-refractivity contribution is 5.99. The van der Waals surface area contributed by atoms with Gasteiger partial charge in [0.2, 0.25) is 5.91 Å². The second kappa shape index (κ2) is 13.4. The lowest BCUT2D eigenvalue weighted by Crippen LogP contribution is -2.56. The fraction of sp³-hybridized carbons (Fsp3) is 0.371. The van der Waals surface area contributed by atoms with Gasteiger partial charge in [-0.25, -0.2) is 19.0 Å². The van der Waals surface area contributed by atoms with Crippen molar-refractivity contribution in [2.45, 2.75) is 45.2 Å². The summed E-state index contributed by atoms with van der Waals surface area (Å²) >= 11 is 0. The molecule has 0 saturated carbocycles. The van der Waals surface area contributed by atoms with E-state index in [1.165, 1.54) is 12.4 Å². The van der Waals surface area contributed by atoms with E-state index in [4.69, 9.17) is 15.6 Å². The minimum absolute atomic E-state index is 0.0171. The van der Waals surface area contributed by atoms with E-state index < -0.39 is 11.4 Å². The summed E-state index contributed by atoms with van der Waals surface area (Å²) in [7, 11) is 0. The van der Waals surface area contributed by atoms with Gasteiger partial charge in [-0.05, 0) is 64.0 Å². The number of nitrogens with zero attached hydrogens (tertiary/aromatic N) is 8. The summed E-state index contributed by atoms with van der Waals surface area (Å²) < 4.78 is 23.1. The number of amides is 2. The Bertz CT molecular complexity index is 1920. The largest absolute Gasteiger partial charge is 0.457 e. The van der Waals surface area contributed by atoms with Gasteiger partial charge in [-0.3, -0.25) is 14.5 Å². The van der Waals surface area contributed by atoms with Gasteiger partial charge in [0.1, 0.15) is 46.8 Å². The maximum Gasteiger partial charge on any atom is 0.264 e. The van der Waals surface area contributed by atoms with Gasteiger partial charge in [-0.1, -0.05) is 18.2 Å². The van der Waals surface area contributed by atoms with Crippen molar-refractivity contribution in [1.29, 1.82) is 5.26 Å². The van der Waals surface area contributed by atoms with Crippen molar-refractivity contribution in [2.24, 2.45) is 0 Å². The smallest absolute Gasteiger partial charge is 0.264 e. The van der Waals surface area contributed by atoms with Gasteiger partial charge in [0.05, 0.1) is 18.0 Å². The zero-order valence-electron chi connectivity index (χ0n) is 27.3. The molecule has 1 atom stereocenters. The van der Waals surface area contributed by atoms with Crippen molar-refractivity contribution in [3.63, 3.8) is 0 Å². The third-order valence-corrected chi connectivity index (χ3v) is 9.09. The van der Waals surface area contributed by atoms with Crippen LogP contribution in [0.25, 0.3) is 22.3 Å². The molecule has 2 aromatic heterocycles. The van der Waals surface area contributed by atoms with E-state index in [1.54, 1.807) is 44.8 Å². The van der Waals surface area contributed by atoms with E-state index in [2.05, 4.69) is 16.0 Å². The van der Waals surface area contributed by atoms with Gasteiger partial charge in [0.25, 0.3) is 5.91 Å². The molecular formula is C35H38FN9O3. The monoisotopic (exact) mass is 651 g/mol. The van der Waals surface area contributed by atoms with Crippen LogP contribution >= 0.6 is 0 Å². The highest BCUT2D eigenvalue weighted by Crippen LogP contribution is 2.36. The van der Waals surface area contributed by atoms with Crippen LogP contribution in [0, 0.1) is 17.1 Å². The number of halogens is 1. The highest BCUT2D eigenvalue weighted by atomic mass is 19.1. The molecule has 0 bridgehead atoms. The number of piperidine rings is 1. The molecule has 13 heteroatoms. The molecule has 12 nitrogen and oxygen atoms in total. The third-order valence-electron chi connectivity index (χ3n) is 9.09. The lowest BCUT2D eigenvalue weighted by molar-refractivity contribution is -0.137. The number of likely N-dealkylation sites (N-methyl/N-ethyl adjacent to an activating group) is 1. The molecule has 2 fully saturated rings. The number of anilines is 1. The average molecular weight is 652 g/mol. The van der Waals surface area contributed by atoms with Gasteiger partial charge in [-0.15, -0.1) is 0 Å². The van der Waals surface area contributed by atoms with Crippen LogP contribution in [0.2, 0.25) is 0 Å². The molecule has 0 spiro atoms. The fourth-order valence-corrected chi connectivity index (χ4v) is 6.44. The number of para-hydroxylation sites is 1. The van der Waals surface area contributed by atoms with Crippen molar-refractivity contribution < 1.29 is 18.7 Å². The number of nitriles is 1. The number of carbonyl (C=O) groups excluding carboxylic acids is 2. The van der Waals surface area contributed by atoms with E-state index in [0.717, 1.165) is 0 Å². The molecule has 6 rings (SSSR count). The molecule has 2 saturated heterocycles. The minimum atomic E-state index is -0.696. The Morgan fingerprint density at radius 2 is 1.94 bits per heavy atom. The summed E-state index contributed by atoms with van der Waals surface area (Å²) in [6.45, 7) is 8.60. The number of hydrogen-bond donors (Lipinski definition) is 1. The number of rotatable bonds is 8. The van der Waals surface area contributed by atoms with E-state index >= 15 is 4.39 Å². The summed E-state index contributed by atoms with van der Waals surface area (Å²) in [5, 5.41) is 15.3. The van der Waals surface area contributed by atoms with Gasteiger partial charge in [0, 0.05) is 49.9 Å². The van der Waals surface area contributed by atoms with Crippen LogP contribution in [0.5, 0.6) is 11.5 Å². The quantitative estimate of drug-likeness (QED) is 0.214. The molecular weight excluding hydrogens is 613 g/mol. The molecule has 1 unspecified atom stereocenters. The van der Waals surface area contributed by atoms with E-state index in [1.807, 2.05) is 43.9 Å². The Hall–Kier alpha value is -5.35. The minimum Gasteiger partial charge on any atom is -0.457 e. The number of nitrogens with two attached hydrogens (primary N) is 1. The van der Waals surface area contributed by atoms with Crippen LogP contribution in [-0.2, 0) is 9.59 Å². The van der Waals surface area contributed by atoms with Crippen LogP contribution in [0.3, 0.4) is 0 Å². The molecule has 2 aliphatic heterocycles. The normalized spacial score (nSPS) is 17.9. The molecule has 48 heavy (non-hydrogen) atoms. The first-order chi connectivity index (χ1) is 23.1. The molecule has 2 N–H and O–H groups in total. The van der Waals surface area contributed by atoms with Crippen molar-refractivity contribution in [1.82, 2.24) is 34.4 Å². The topological polar surface area (TPSA) is 146 Å². The number of likely N-dealkylation sites (tertiary alicyclic amines) is 1. The number of carbonyl (C=O) groups is 2. The van der Waals surface area contributed by atoms with Gasteiger partial charge in [0.15, 0.2) is 5.65 Å². The Morgan fingerprint density at radius 3 is 2.65 bits per heavy atom. The fourth-order valence-electron chi connectivity index (χ4n) is 6.44. The van der Waals surface area contributed by atoms with Crippen molar-refractivity contribution >= 4 is 28.7 Å². The zero-order valence-corrected chi connectivity index (χ0v) is 27.3. The number of fused-ring (bicyclic) bond motifs is 1. The number of hydrogen-bond acceptors (Lipinski definition) is 9. The Kier molecular flexibility index (Phi) is 9.10. The van der Waals surface area contributed by atoms with E-state index in [9.17, 15) is 14.9 Å². The summed E-state index contributed by atoms with van der Waals surface area (Å²) in [5.41, 5.74) is 6.55. The molecule has 4 aromatic rings. The number of nitrogen functional groups attached to an aromatic ring is 1. The lowest BCUT2D eigenvalue weighted by Gasteiger charge is -2.42. The second-order valence-corrected chi connectivity index (χ2v) is 12.6. The summed E-state index contributed by atoms with van der Waals surface area (Å²) in [5.74, 6) is 0.153. The maximum atomic E-state index is 15.6. The first-order valence-electron chi connectivity index (χ1n) is 16.1. The maximum absolute atomic E-state index is 15.6. The number of ether oxygens (including phenoxy) is 1. The van der Waals surface area contributed by atoms with E-state index in [0.29, 0.717) is 61.6 Å². The SMILES string of the molecule is CCN1CCN(C(C)(C)C=C(C#N)C(=O)N2CCCC(n3nc(-c4ccc(Oc5ccccc5)cc4F)c4c(N)ncnc43)C2)CC1=O. The van der Waals surface area contributed by atoms with Gasteiger partial charge < -0.3 is 20.3 Å². The van der Waals surface area contributed by atoms with Crippen molar-refractivity contribution in [2.75, 3.05) is 45.0 Å². The molecule has 248 valence electrons. The molecule has 2 aliphatic rings. The zero-order chi connectivity index (χ0) is 34.0. The molecule has 2 aromatic carbocycles. The Labute approximate surface area is 278 Å². The predicted molar refractivity (Wildman–Crippen MR) is 178 cm³/mol. The lowest BCUT2D eigenvalue weighted by atomic mass is 9.96. The van der Waals surface area contributed by atoms with Crippen molar-refractivity contribution in [3.05, 3.63) is 72.3 Å². The summed E-state index contributed by atoms with van der Waals surface area (Å²) in [6.07, 6.45) is 4.33. The number of benzene rings is 2. The molecule has 2 amide bonds. The van der Waals surface area contributed by atoms with Gasteiger partial charge >= 0.3 is 0 Å². The number of piperazine rings is 1. The summed E-state index contributed by atoms with van der Waals surface area (Å²) in [4.78, 5) is 40.4. The first kappa shape index (κ1) is 32.6. The van der Waals surface area contributed by atoms with Crippen LogP contribution < -0.4 is 10.5 Å². The van der Waals surface area contributed by atoms with Crippen LogP contribution in [-0.4, -0.2) is 91.1 Å². The van der Waals surface area contributed by atoms with Crippen molar-refractivity contribution in [3.8, 4) is 28.8 Å². The summed E-state index contributed by atoms with van der Waals surface area (Å²) in [6, 6.07) is 15.4. The first-order valence-corrected chi connectivity index (χ1v) is 16.1. The molecule has 4 heterocycles. The standard InChI is InChI=1S/C35H38FN9O3/c1-4-42-15-16-44(21-29(42)46)35(2,3)18-23(19-37)34(47)43-14-8-9-24(20-43)45-33-30(32(38)39-22-40-33)31(41-45)27-13-12-26(17-28(27)36)48-25-10-6-5-7-11-25/h5-7,10-13,17-18,22,24H,4,8-9,14-16,20-21H2,1-3H3,(H2,38,39,40). The Balaban J connectivity index is 1.26. The number of aromatic nitrogens is 4. The second-order valence-electron chi connectivity index (χ2n) is 12.6. The van der Waals surface area contributed by atoms with Crippen LogP contribution in [0.1, 0.15) is 39.7 Å². The van der Waals surface area contributed by atoms with Gasteiger partial charge in [-0.2, -0.15) is 10.4 Å². The predicted octanol–water partition coefficient (Wildman–Crippen LogP) is 4.56. The third kappa shape index (κ3) is 6.44. The molecule has 0 radical (unpaired) electrons.